The van der Waals surface area contributed by atoms with Crippen LogP contribution in [-0.2, 0) is 14.3 Å². The Morgan fingerprint density at radius 1 is 1.46 bits per heavy atom. The molecule has 0 aromatic carbocycles. The van der Waals surface area contributed by atoms with Crippen LogP contribution in [0.2, 0.25) is 0 Å². The molecule has 0 amide bonds. The van der Waals surface area contributed by atoms with Crippen LogP contribution in [0.5, 0.6) is 0 Å². The second-order valence-corrected chi connectivity index (χ2v) is 2.40. The molecule has 4 nitrogen and oxygen atoms in total. The predicted molar refractivity (Wildman–Crippen MR) is 50.6 cm³/mol. The molecule has 0 bridgehead atoms. The van der Waals surface area contributed by atoms with Crippen molar-refractivity contribution in [3.05, 3.63) is 0 Å². The first-order chi connectivity index (χ1) is 6.33. The van der Waals surface area contributed by atoms with Crippen molar-refractivity contribution in [3.8, 4) is 0 Å². The number of carbonyl (C=O) groups excluding carboxylic acids is 1. The lowest BCUT2D eigenvalue weighted by Gasteiger charge is -2.26. The fraction of sp³-hybridized carbons (Fsp3) is 0.889. The Hall–Kier alpha value is -0.610. The zero-order valence-corrected chi connectivity index (χ0v) is 8.63. The quantitative estimate of drug-likeness (QED) is 0.657. The van der Waals surface area contributed by atoms with Crippen molar-refractivity contribution in [1.29, 1.82) is 0 Å². The smallest absolute Gasteiger partial charge is 0.332 e. The normalized spacial score (nSPS) is 15.3. The number of esters is 1. The third-order valence-corrected chi connectivity index (χ3v) is 1.49. The third-order valence-electron chi connectivity index (χ3n) is 1.49. The van der Waals surface area contributed by atoms with E-state index in [9.17, 15) is 4.79 Å². The van der Waals surface area contributed by atoms with Gasteiger partial charge in [-0.2, -0.15) is 0 Å². The molecule has 1 N–H and O–H groups in total. The summed E-state index contributed by atoms with van der Waals surface area (Å²) in [5.74, 6) is -0.278. The Kier molecular flexibility index (Phi) is 7.63. The molecule has 0 aliphatic carbocycles. The molecule has 1 heterocycles. The first kappa shape index (κ1) is 12.4. The van der Waals surface area contributed by atoms with Crippen LogP contribution in [0.3, 0.4) is 0 Å². The minimum absolute atomic E-state index is 0.0835. The van der Waals surface area contributed by atoms with Crippen LogP contribution < -0.4 is 5.32 Å². The van der Waals surface area contributed by atoms with E-state index in [1.54, 1.807) is 6.92 Å². The maximum atomic E-state index is 10.7. The van der Waals surface area contributed by atoms with Gasteiger partial charge in [-0.15, -0.1) is 0 Å². The van der Waals surface area contributed by atoms with Crippen molar-refractivity contribution in [3.63, 3.8) is 0 Å². The van der Waals surface area contributed by atoms with Crippen molar-refractivity contribution in [2.45, 2.75) is 26.9 Å². The van der Waals surface area contributed by atoms with Gasteiger partial charge in [0.1, 0.15) is 6.61 Å². The summed E-state index contributed by atoms with van der Waals surface area (Å²) in [4.78, 5) is 10.7. The molecule has 1 aliphatic rings. The Balaban J connectivity index is 0.000000671. The molecular weight excluding hydrogens is 170 g/mol. The van der Waals surface area contributed by atoms with Crippen LogP contribution in [0.1, 0.15) is 20.8 Å². The van der Waals surface area contributed by atoms with Crippen LogP contribution in [0.15, 0.2) is 0 Å². The Morgan fingerprint density at radius 2 is 2.08 bits per heavy atom. The summed E-state index contributed by atoms with van der Waals surface area (Å²) in [6.45, 7) is 7.98. The summed E-state index contributed by atoms with van der Waals surface area (Å²) in [6, 6.07) is 0. The van der Waals surface area contributed by atoms with Crippen molar-refractivity contribution in [2.75, 3.05) is 26.3 Å². The second kappa shape index (κ2) is 8.01. The molecule has 0 atom stereocenters. The lowest BCUT2D eigenvalue weighted by atomic mass is 10.2. The molecule has 1 rings (SSSR count). The molecule has 1 saturated heterocycles. The van der Waals surface area contributed by atoms with Gasteiger partial charge < -0.3 is 14.8 Å². The highest BCUT2D eigenvalue weighted by molar-refractivity contribution is 5.70. The average Bonchev–Trinajstić information content (AvgIpc) is 2.06. The number of ether oxygens (including phenoxy) is 2. The maximum absolute atomic E-state index is 10.7. The van der Waals surface area contributed by atoms with E-state index in [2.05, 4.69) is 10.1 Å². The largest absolute Gasteiger partial charge is 0.464 e. The summed E-state index contributed by atoms with van der Waals surface area (Å²) in [6.07, 6.45) is 0.208. The van der Waals surface area contributed by atoms with Crippen LogP contribution in [0, 0.1) is 0 Å². The van der Waals surface area contributed by atoms with E-state index >= 15 is 0 Å². The lowest BCUT2D eigenvalue weighted by Crippen LogP contribution is -2.49. The van der Waals surface area contributed by atoms with Gasteiger partial charge in [0.05, 0.1) is 12.7 Å². The lowest BCUT2D eigenvalue weighted by molar-refractivity contribution is -0.151. The maximum Gasteiger partial charge on any atom is 0.332 e. The summed E-state index contributed by atoms with van der Waals surface area (Å²) in [7, 11) is 0. The Morgan fingerprint density at radius 3 is 2.46 bits per heavy atom. The van der Waals surface area contributed by atoms with Crippen LogP contribution in [0.4, 0.5) is 0 Å². The molecular formula is C9H19NO3. The van der Waals surface area contributed by atoms with Crippen molar-refractivity contribution < 1.29 is 14.3 Å². The molecule has 0 spiro atoms. The highest BCUT2D eigenvalue weighted by Crippen LogP contribution is 1.97. The highest BCUT2D eigenvalue weighted by Gasteiger charge is 2.18. The molecule has 0 radical (unpaired) electrons. The first-order valence-corrected chi connectivity index (χ1v) is 4.81. The van der Waals surface area contributed by atoms with Gasteiger partial charge in [-0.05, 0) is 6.92 Å². The van der Waals surface area contributed by atoms with E-state index in [1.165, 1.54) is 0 Å². The fourth-order valence-corrected chi connectivity index (χ4v) is 0.769. The topological polar surface area (TPSA) is 47.6 Å². The average molecular weight is 189 g/mol. The molecule has 1 aliphatic heterocycles. The van der Waals surface area contributed by atoms with E-state index in [-0.39, 0.29) is 18.7 Å². The number of rotatable bonds is 4. The van der Waals surface area contributed by atoms with Crippen LogP contribution >= 0.6 is 0 Å². The van der Waals surface area contributed by atoms with E-state index in [0.29, 0.717) is 6.61 Å². The molecule has 0 aromatic heterocycles. The van der Waals surface area contributed by atoms with E-state index in [1.807, 2.05) is 13.8 Å². The van der Waals surface area contributed by atoms with Gasteiger partial charge in [-0.25, -0.2) is 4.79 Å². The van der Waals surface area contributed by atoms with Crippen molar-refractivity contribution >= 4 is 5.97 Å². The fourth-order valence-electron chi connectivity index (χ4n) is 0.769. The zero-order chi connectivity index (χ0) is 10.1. The van der Waals surface area contributed by atoms with Gasteiger partial charge in [-0.1, -0.05) is 13.8 Å². The molecule has 13 heavy (non-hydrogen) atoms. The number of hydrogen-bond acceptors (Lipinski definition) is 4. The summed E-state index contributed by atoms with van der Waals surface area (Å²) >= 11 is 0. The minimum Gasteiger partial charge on any atom is -0.464 e. The van der Waals surface area contributed by atoms with E-state index in [0.717, 1.165) is 13.1 Å². The number of carbonyl (C=O) groups is 1. The molecule has 0 aromatic rings. The van der Waals surface area contributed by atoms with E-state index in [4.69, 9.17) is 4.74 Å². The third kappa shape index (κ3) is 5.60. The number of nitrogens with one attached hydrogen (secondary N) is 1. The SMILES string of the molecule is CC.CCOC(=O)COC1CNC1. The molecule has 4 heteroatoms. The van der Waals surface area contributed by atoms with Crippen molar-refractivity contribution in [1.82, 2.24) is 5.32 Å². The van der Waals surface area contributed by atoms with Gasteiger partial charge in [0.15, 0.2) is 0 Å². The van der Waals surface area contributed by atoms with E-state index < -0.39 is 0 Å². The van der Waals surface area contributed by atoms with Gasteiger partial charge in [0.25, 0.3) is 0 Å². The Bertz CT molecular complexity index is 135. The van der Waals surface area contributed by atoms with Crippen molar-refractivity contribution in [2.24, 2.45) is 0 Å². The second-order valence-electron chi connectivity index (χ2n) is 2.40. The van der Waals surface area contributed by atoms with Gasteiger partial charge in [0.2, 0.25) is 0 Å². The van der Waals surface area contributed by atoms with Gasteiger partial charge in [0, 0.05) is 13.1 Å². The number of hydrogen-bond donors (Lipinski definition) is 1. The molecule has 78 valence electrons. The monoisotopic (exact) mass is 189 g/mol. The summed E-state index contributed by atoms with van der Waals surface area (Å²) in [5.41, 5.74) is 0. The standard InChI is InChI=1S/C7H13NO3.C2H6/c1-2-10-7(9)5-11-6-3-8-4-6;1-2/h6,8H,2-5H2,1H3;1-2H3. The van der Waals surface area contributed by atoms with Crippen LogP contribution in [-0.4, -0.2) is 38.4 Å². The molecule has 0 saturated carbocycles. The Labute approximate surface area is 79.6 Å². The molecule has 1 fully saturated rings. The first-order valence-electron chi connectivity index (χ1n) is 4.81. The summed E-state index contributed by atoms with van der Waals surface area (Å²) in [5, 5.41) is 3.04. The predicted octanol–water partition coefficient (Wildman–Crippen LogP) is 0.564. The minimum atomic E-state index is -0.278. The van der Waals surface area contributed by atoms with Crippen LogP contribution in [0.25, 0.3) is 0 Å². The summed E-state index contributed by atoms with van der Waals surface area (Å²) < 4.78 is 9.83. The highest BCUT2D eigenvalue weighted by atomic mass is 16.6. The van der Waals surface area contributed by atoms with Gasteiger partial charge in [-0.3, -0.25) is 0 Å². The zero-order valence-electron chi connectivity index (χ0n) is 8.63. The molecule has 0 unspecified atom stereocenters. The van der Waals surface area contributed by atoms with Gasteiger partial charge >= 0.3 is 5.97 Å².